The third-order valence-corrected chi connectivity index (χ3v) is 2.13. The van der Waals surface area contributed by atoms with E-state index in [9.17, 15) is 4.79 Å². The first kappa shape index (κ1) is 9.26. The summed E-state index contributed by atoms with van der Waals surface area (Å²) in [5.74, 6) is -0.106. The lowest BCUT2D eigenvalue weighted by Gasteiger charge is -2.31. The maximum absolute atomic E-state index is 11.1. The summed E-state index contributed by atoms with van der Waals surface area (Å²) in [5, 5.41) is 0. The highest BCUT2D eigenvalue weighted by atomic mass is 16.5. The molecular formula is C9H15NO2. The van der Waals surface area contributed by atoms with E-state index in [1.807, 2.05) is 13.0 Å². The van der Waals surface area contributed by atoms with Gasteiger partial charge in [0.1, 0.15) is 12.6 Å². The molecule has 1 rings (SSSR count). The van der Waals surface area contributed by atoms with Gasteiger partial charge in [-0.25, -0.2) is 0 Å². The molecule has 0 bridgehead atoms. The zero-order valence-electron chi connectivity index (χ0n) is 7.45. The molecule has 1 saturated heterocycles. The number of rotatable bonds is 3. The summed E-state index contributed by atoms with van der Waals surface area (Å²) in [5.41, 5.74) is 0. The van der Waals surface area contributed by atoms with E-state index in [-0.39, 0.29) is 12.0 Å². The molecule has 0 saturated carbocycles. The summed E-state index contributed by atoms with van der Waals surface area (Å²) in [6.07, 6.45) is 2.80. The van der Waals surface area contributed by atoms with Crippen molar-refractivity contribution in [2.45, 2.75) is 19.4 Å². The van der Waals surface area contributed by atoms with Crippen molar-refractivity contribution < 1.29 is 9.53 Å². The van der Waals surface area contributed by atoms with Gasteiger partial charge in [0, 0.05) is 13.1 Å². The Bertz CT molecular complexity index is 179. The van der Waals surface area contributed by atoms with Crippen LogP contribution in [-0.2, 0) is 9.53 Å². The van der Waals surface area contributed by atoms with Crippen molar-refractivity contribution in [2.24, 2.45) is 0 Å². The van der Waals surface area contributed by atoms with Crippen LogP contribution in [0.15, 0.2) is 12.7 Å². The molecule has 0 N–H and O–H groups in total. The Balaban J connectivity index is 2.40. The zero-order chi connectivity index (χ0) is 8.97. The van der Waals surface area contributed by atoms with Crippen molar-refractivity contribution in [3.05, 3.63) is 12.7 Å². The summed E-state index contributed by atoms with van der Waals surface area (Å²) in [7, 11) is 0. The summed E-state index contributed by atoms with van der Waals surface area (Å²) in [6.45, 7) is 7.80. The molecule has 1 aliphatic heterocycles. The fourth-order valence-corrected chi connectivity index (χ4v) is 1.29. The molecule has 0 aliphatic carbocycles. The van der Waals surface area contributed by atoms with Gasteiger partial charge in [0.2, 0.25) is 0 Å². The Labute approximate surface area is 73.0 Å². The highest BCUT2D eigenvalue weighted by Gasteiger charge is 2.26. The molecule has 0 aromatic heterocycles. The van der Waals surface area contributed by atoms with Crippen LogP contribution in [0.25, 0.3) is 0 Å². The molecule has 3 nitrogen and oxygen atoms in total. The average Bonchev–Trinajstić information content (AvgIpc) is 2.08. The first-order chi connectivity index (χ1) is 5.75. The van der Waals surface area contributed by atoms with Gasteiger partial charge in [0.05, 0.1) is 0 Å². The van der Waals surface area contributed by atoms with Crippen molar-refractivity contribution in [2.75, 3.05) is 19.7 Å². The Kier molecular flexibility index (Phi) is 3.29. The summed E-state index contributed by atoms with van der Waals surface area (Å²) < 4.78 is 4.89. The van der Waals surface area contributed by atoms with E-state index in [1.54, 1.807) is 0 Å². The topological polar surface area (TPSA) is 29.5 Å². The number of ether oxygens (including phenoxy) is 1. The fraction of sp³-hybridized carbons (Fsp3) is 0.667. The molecule has 1 heterocycles. The Morgan fingerprint density at radius 2 is 2.58 bits per heavy atom. The molecule has 12 heavy (non-hydrogen) atoms. The van der Waals surface area contributed by atoms with Gasteiger partial charge in [-0.15, -0.1) is 6.58 Å². The van der Waals surface area contributed by atoms with E-state index in [0.717, 1.165) is 19.5 Å². The van der Waals surface area contributed by atoms with Gasteiger partial charge >= 0.3 is 5.97 Å². The average molecular weight is 169 g/mol. The molecule has 68 valence electrons. The molecule has 1 atom stereocenters. The van der Waals surface area contributed by atoms with Gasteiger partial charge in [0.15, 0.2) is 0 Å². The van der Waals surface area contributed by atoms with Crippen LogP contribution in [0, 0.1) is 0 Å². The number of morpholine rings is 1. The summed E-state index contributed by atoms with van der Waals surface area (Å²) in [4.78, 5) is 13.2. The maximum atomic E-state index is 11.1. The number of carbonyl (C=O) groups is 1. The van der Waals surface area contributed by atoms with Crippen molar-refractivity contribution in [3.8, 4) is 0 Å². The minimum atomic E-state index is -0.106. The van der Waals surface area contributed by atoms with Crippen molar-refractivity contribution in [3.63, 3.8) is 0 Å². The predicted octanol–water partition coefficient (Wildman–Crippen LogP) is 0.810. The van der Waals surface area contributed by atoms with E-state index in [1.165, 1.54) is 0 Å². The molecule has 1 fully saturated rings. The van der Waals surface area contributed by atoms with Gasteiger partial charge in [-0.2, -0.15) is 0 Å². The van der Waals surface area contributed by atoms with E-state index in [4.69, 9.17) is 4.74 Å². The first-order valence-corrected chi connectivity index (χ1v) is 4.27. The SMILES string of the molecule is C=CCCN1CCOC(=O)[C@@H]1C. The van der Waals surface area contributed by atoms with Gasteiger partial charge in [-0.1, -0.05) is 6.08 Å². The maximum Gasteiger partial charge on any atom is 0.323 e. The summed E-state index contributed by atoms with van der Waals surface area (Å²) >= 11 is 0. The number of nitrogens with zero attached hydrogens (tertiary/aromatic N) is 1. The van der Waals surface area contributed by atoms with Crippen LogP contribution < -0.4 is 0 Å². The number of esters is 1. The van der Waals surface area contributed by atoms with Gasteiger partial charge < -0.3 is 4.74 Å². The standard InChI is InChI=1S/C9H15NO2/c1-3-4-5-10-6-7-12-9(11)8(10)2/h3,8H,1,4-7H2,2H3/t8-/m0/s1. The van der Waals surface area contributed by atoms with Crippen molar-refractivity contribution in [1.82, 2.24) is 4.90 Å². The lowest BCUT2D eigenvalue weighted by atomic mass is 10.2. The fourth-order valence-electron chi connectivity index (χ4n) is 1.29. The highest BCUT2D eigenvalue weighted by molar-refractivity contribution is 5.75. The van der Waals surface area contributed by atoms with Gasteiger partial charge in [-0.05, 0) is 13.3 Å². The minimum Gasteiger partial charge on any atom is -0.463 e. The third kappa shape index (κ3) is 2.08. The lowest BCUT2D eigenvalue weighted by molar-refractivity contribution is -0.156. The van der Waals surface area contributed by atoms with E-state index < -0.39 is 0 Å². The molecule has 0 aromatic rings. The quantitative estimate of drug-likeness (QED) is 0.462. The van der Waals surface area contributed by atoms with E-state index >= 15 is 0 Å². The van der Waals surface area contributed by atoms with E-state index in [2.05, 4.69) is 11.5 Å². The lowest BCUT2D eigenvalue weighted by Crippen LogP contribution is -2.47. The molecule has 0 amide bonds. The molecule has 0 unspecified atom stereocenters. The second kappa shape index (κ2) is 4.26. The number of carbonyl (C=O) groups excluding carboxylic acids is 1. The zero-order valence-corrected chi connectivity index (χ0v) is 7.45. The molecule has 0 spiro atoms. The van der Waals surface area contributed by atoms with Crippen LogP contribution in [0.4, 0.5) is 0 Å². The van der Waals surface area contributed by atoms with E-state index in [0.29, 0.717) is 6.61 Å². The Morgan fingerprint density at radius 3 is 3.25 bits per heavy atom. The van der Waals surface area contributed by atoms with Crippen LogP contribution in [0.2, 0.25) is 0 Å². The highest BCUT2D eigenvalue weighted by Crippen LogP contribution is 2.07. The normalized spacial score (nSPS) is 25.1. The van der Waals surface area contributed by atoms with Crippen molar-refractivity contribution >= 4 is 5.97 Å². The largest absolute Gasteiger partial charge is 0.463 e. The van der Waals surface area contributed by atoms with Crippen molar-refractivity contribution in [1.29, 1.82) is 0 Å². The van der Waals surface area contributed by atoms with Gasteiger partial charge in [0.25, 0.3) is 0 Å². The van der Waals surface area contributed by atoms with Crippen LogP contribution >= 0.6 is 0 Å². The first-order valence-electron chi connectivity index (χ1n) is 4.27. The number of hydrogen-bond acceptors (Lipinski definition) is 3. The Morgan fingerprint density at radius 1 is 1.83 bits per heavy atom. The van der Waals surface area contributed by atoms with Crippen LogP contribution in [0.1, 0.15) is 13.3 Å². The second-order valence-electron chi connectivity index (χ2n) is 2.96. The smallest absolute Gasteiger partial charge is 0.323 e. The minimum absolute atomic E-state index is 0.0845. The molecule has 0 radical (unpaired) electrons. The van der Waals surface area contributed by atoms with Crippen LogP contribution in [0.3, 0.4) is 0 Å². The number of hydrogen-bond donors (Lipinski definition) is 0. The summed E-state index contributed by atoms with van der Waals surface area (Å²) in [6, 6.07) is -0.0845. The second-order valence-corrected chi connectivity index (χ2v) is 2.96. The monoisotopic (exact) mass is 169 g/mol. The molecule has 1 aliphatic rings. The molecular weight excluding hydrogens is 154 g/mol. The predicted molar refractivity (Wildman–Crippen MR) is 46.8 cm³/mol. The van der Waals surface area contributed by atoms with Gasteiger partial charge in [-0.3, -0.25) is 9.69 Å². The van der Waals surface area contributed by atoms with Crippen LogP contribution in [-0.4, -0.2) is 36.6 Å². The Hall–Kier alpha value is -0.830. The van der Waals surface area contributed by atoms with Crippen LogP contribution in [0.5, 0.6) is 0 Å². The third-order valence-electron chi connectivity index (χ3n) is 2.13. The molecule has 0 aromatic carbocycles. The number of cyclic esters (lactones) is 1. The molecule has 3 heteroatoms.